The van der Waals surface area contributed by atoms with E-state index in [0.29, 0.717) is 44.6 Å². The smallest absolute Gasteiger partial charge is 0.253 e. The number of ether oxygens (including phenoxy) is 1. The number of likely N-dealkylation sites (tertiary alicyclic amines) is 1. The number of nitrogens with zero attached hydrogens (tertiary/aromatic N) is 1. The normalized spacial score (nSPS) is 14.6. The van der Waals surface area contributed by atoms with E-state index in [0.717, 1.165) is 15.8 Å². The minimum absolute atomic E-state index is 0.0269. The van der Waals surface area contributed by atoms with Crippen molar-refractivity contribution in [3.05, 3.63) is 64.1 Å². The van der Waals surface area contributed by atoms with Crippen molar-refractivity contribution < 1.29 is 14.3 Å². The molecule has 148 valence electrons. The van der Waals surface area contributed by atoms with Gasteiger partial charge < -0.3 is 15.0 Å². The zero-order chi connectivity index (χ0) is 19.9. The first-order valence-corrected chi connectivity index (χ1v) is 10.4. The van der Waals surface area contributed by atoms with Gasteiger partial charge in [-0.25, -0.2) is 0 Å². The molecule has 1 N–H and O–H groups in total. The highest BCUT2D eigenvalue weighted by Crippen LogP contribution is 2.21. The zero-order valence-corrected chi connectivity index (χ0v) is 17.6. The average Bonchev–Trinajstić information content (AvgIpc) is 2.73. The van der Waals surface area contributed by atoms with Crippen molar-refractivity contribution in [3.63, 3.8) is 0 Å². The number of amides is 2. The van der Waals surface area contributed by atoms with Crippen LogP contribution in [0.4, 0.5) is 0 Å². The summed E-state index contributed by atoms with van der Waals surface area (Å²) < 4.78 is 6.44. The van der Waals surface area contributed by atoms with E-state index in [9.17, 15) is 9.59 Å². The van der Waals surface area contributed by atoms with E-state index in [2.05, 4.69) is 21.2 Å². The highest BCUT2D eigenvalue weighted by Gasteiger charge is 2.27. The van der Waals surface area contributed by atoms with E-state index in [1.54, 1.807) is 0 Å². The summed E-state index contributed by atoms with van der Waals surface area (Å²) in [4.78, 5) is 26.9. The summed E-state index contributed by atoms with van der Waals surface area (Å²) in [7, 11) is 0. The molecule has 28 heavy (non-hydrogen) atoms. The molecule has 0 aliphatic carbocycles. The second kappa shape index (κ2) is 9.73. The fourth-order valence-corrected chi connectivity index (χ4v) is 3.63. The van der Waals surface area contributed by atoms with Gasteiger partial charge in [0, 0.05) is 35.6 Å². The fraction of sp³-hybridized carbons (Fsp3) is 0.364. The lowest BCUT2D eigenvalue weighted by atomic mass is 9.95. The summed E-state index contributed by atoms with van der Waals surface area (Å²) in [6, 6.07) is 15.1. The highest BCUT2D eigenvalue weighted by atomic mass is 79.9. The average molecular weight is 445 g/mol. The summed E-state index contributed by atoms with van der Waals surface area (Å²) in [5.74, 6) is 0.842. The Morgan fingerprint density at radius 3 is 2.54 bits per heavy atom. The van der Waals surface area contributed by atoms with Crippen LogP contribution in [-0.4, -0.2) is 36.4 Å². The number of carbonyl (C=O) groups excluding carboxylic acids is 2. The molecule has 0 saturated carbocycles. The van der Waals surface area contributed by atoms with Crippen LogP contribution in [0.5, 0.6) is 5.75 Å². The van der Waals surface area contributed by atoms with Crippen molar-refractivity contribution in [2.45, 2.75) is 26.3 Å². The summed E-state index contributed by atoms with van der Waals surface area (Å²) in [5, 5.41) is 3.02. The Balaban J connectivity index is 1.47. The number of benzene rings is 2. The van der Waals surface area contributed by atoms with E-state index < -0.39 is 0 Å². The molecule has 0 radical (unpaired) electrons. The first kappa shape index (κ1) is 20.4. The summed E-state index contributed by atoms with van der Waals surface area (Å²) >= 11 is 3.38. The van der Waals surface area contributed by atoms with Crippen molar-refractivity contribution in [2.75, 3.05) is 19.7 Å². The van der Waals surface area contributed by atoms with Gasteiger partial charge in [-0.1, -0.05) is 28.1 Å². The standard InChI is InChI=1S/C22H25BrN2O3/c1-2-28-20-5-3-4-16(14-20)15-24-21(26)17-10-12-25(13-11-17)22(27)18-6-8-19(23)9-7-18/h3-9,14,17H,2,10-13,15H2,1H3,(H,24,26). The third-order valence-corrected chi connectivity index (χ3v) is 5.45. The van der Waals surface area contributed by atoms with Gasteiger partial charge in [-0.15, -0.1) is 0 Å². The molecule has 2 aromatic rings. The Kier molecular flexibility index (Phi) is 7.09. The second-order valence-corrected chi connectivity index (χ2v) is 7.79. The van der Waals surface area contributed by atoms with E-state index in [1.165, 1.54) is 0 Å². The Morgan fingerprint density at radius 2 is 1.86 bits per heavy atom. The quantitative estimate of drug-likeness (QED) is 0.731. The van der Waals surface area contributed by atoms with Crippen molar-refractivity contribution in [3.8, 4) is 5.75 Å². The molecule has 2 amide bonds. The van der Waals surface area contributed by atoms with Gasteiger partial charge in [0.15, 0.2) is 0 Å². The Labute approximate surface area is 174 Å². The van der Waals surface area contributed by atoms with Gasteiger partial charge in [-0.2, -0.15) is 0 Å². The fourth-order valence-electron chi connectivity index (χ4n) is 3.37. The molecular formula is C22H25BrN2O3. The predicted octanol–water partition coefficient (Wildman–Crippen LogP) is 4.02. The monoisotopic (exact) mass is 444 g/mol. The van der Waals surface area contributed by atoms with Crippen LogP contribution in [0, 0.1) is 5.92 Å². The molecule has 0 spiro atoms. The zero-order valence-electron chi connectivity index (χ0n) is 16.0. The van der Waals surface area contributed by atoms with Crippen LogP contribution < -0.4 is 10.1 Å². The maximum atomic E-state index is 12.6. The third-order valence-electron chi connectivity index (χ3n) is 4.92. The van der Waals surface area contributed by atoms with Crippen LogP contribution in [0.1, 0.15) is 35.7 Å². The van der Waals surface area contributed by atoms with Crippen LogP contribution in [0.15, 0.2) is 53.0 Å². The van der Waals surface area contributed by atoms with Crippen molar-refractivity contribution >= 4 is 27.7 Å². The Morgan fingerprint density at radius 1 is 1.14 bits per heavy atom. The number of halogens is 1. The molecular weight excluding hydrogens is 420 g/mol. The number of hydrogen-bond acceptors (Lipinski definition) is 3. The van der Waals surface area contributed by atoms with Gasteiger partial charge in [0.25, 0.3) is 5.91 Å². The van der Waals surface area contributed by atoms with E-state index >= 15 is 0 Å². The van der Waals surface area contributed by atoms with Gasteiger partial charge in [0.05, 0.1) is 6.61 Å². The molecule has 1 aliphatic heterocycles. The molecule has 0 bridgehead atoms. The summed E-state index contributed by atoms with van der Waals surface area (Å²) in [6.07, 6.45) is 1.38. The lowest BCUT2D eigenvalue weighted by Gasteiger charge is -2.31. The molecule has 1 aliphatic rings. The summed E-state index contributed by atoms with van der Waals surface area (Å²) in [5.41, 5.74) is 1.70. The number of rotatable bonds is 6. The van der Waals surface area contributed by atoms with Gasteiger partial charge >= 0.3 is 0 Å². The molecule has 5 nitrogen and oxygen atoms in total. The number of carbonyl (C=O) groups is 2. The maximum absolute atomic E-state index is 12.6. The lowest BCUT2D eigenvalue weighted by Crippen LogP contribution is -2.42. The van der Waals surface area contributed by atoms with Crippen LogP contribution in [-0.2, 0) is 11.3 Å². The first-order valence-electron chi connectivity index (χ1n) is 9.61. The van der Waals surface area contributed by atoms with E-state index in [-0.39, 0.29) is 17.7 Å². The lowest BCUT2D eigenvalue weighted by molar-refractivity contribution is -0.126. The van der Waals surface area contributed by atoms with Crippen LogP contribution in [0.2, 0.25) is 0 Å². The minimum Gasteiger partial charge on any atom is -0.494 e. The molecule has 0 atom stereocenters. The first-order chi connectivity index (χ1) is 13.6. The maximum Gasteiger partial charge on any atom is 0.253 e. The molecule has 2 aromatic carbocycles. The number of nitrogens with one attached hydrogen (secondary N) is 1. The molecule has 0 aromatic heterocycles. The van der Waals surface area contributed by atoms with Gasteiger partial charge in [-0.3, -0.25) is 9.59 Å². The molecule has 1 saturated heterocycles. The van der Waals surface area contributed by atoms with Gasteiger partial charge in [0.1, 0.15) is 5.75 Å². The molecule has 6 heteroatoms. The molecule has 3 rings (SSSR count). The third kappa shape index (κ3) is 5.35. The SMILES string of the molecule is CCOc1cccc(CNC(=O)C2CCN(C(=O)c3ccc(Br)cc3)CC2)c1. The number of piperidine rings is 1. The highest BCUT2D eigenvalue weighted by molar-refractivity contribution is 9.10. The Hall–Kier alpha value is -2.34. The Bertz CT molecular complexity index is 815. The van der Waals surface area contributed by atoms with Crippen molar-refractivity contribution in [2.24, 2.45) is 5.92 Å². The van der Waals surface area contributed by atoms with E-state index in [1.807, 2.05) is 60.4 Å². The van der Waals surface area contributed by atoms with Gasteiger partial charge in [-0.05, 0) is 61.7 Å². The molecule has 0 unspecified atom stereocenters. The molecule has 1 fully saturated rings. The minimum atomic E-state index is -0.0518. The largest absolute Gasteiger partial charge is 0.494 e. The topological polar surface area (TPSA) is 58.6 Å². The van der Waals surface area contributed by atoms with Gasteiger partial charge in [0.2, 0.25) is 5.91 Å². The second-order valence-electron chi connectivity index (χ2n) is 6.87. The van der Waals surface area contributed by atoms with Crippen molar-refractivity contribution in [1.29, 1.82) is 0 Å². The van der Waals surface area contributed by atoms with E-state index in [4.69, 9.17) is 4.74 Å². The van der Waals surface area contributed by atoms with Crippen LogP contribution >= 0.6 is 15.9 Å². The predicted molar refractivity (Wildman–Crippen MR) is 112 cm³/mol. The molecule has 1 heterocycles. The van der Waals surface area contributed by atoms with Crippen LogP contribution in [0.3, 0.4) is 0 Å². The van der Waals surface area contributed by atoms with Crippen molar-refractivity contribution in [1.82, 2.24) is 10.2 Å². The summed E-state index contributed by atoms with van der Waals surface area (Å²) in [6.45, 7) is 4.26. The van der Waals surface area contributed by atoms with Crippen LogP contribution in [0.25, 0.3) is 0 Å². The number of hydrogen-bond donors (Lipinski definition) is 1.